The van der Waals surface area contributed by atoms with Gasteiger partial charge in [-0.3, -0.25) is 0 Å². The summed E-state index contributed by atoms with van der Waals surface area (Å²) >= 11 is 0. The van der Waals surface area contributed by atoms with Gasteiger partial charge >= 0.3 is 0 Å². The first-order chi connectivity index (χ1) is 7.72. The van der Waals surface area contributed by atoms with Crippen molar-refractivity contribution >= 4 is 5.69 Å². The number of benzene rings is 1. The van der Waals surface area contributed by atoms with Crippen molar-refractivity contribution in [3.05, 3.63) is 17.7 Å². The third-order valence-electron chi connectivity index (χ3n) is 2.37. The quantitative estimate of drug-likeness (QED) is 0.725. The van der Waals surface area contributed by atoms with Crippen LogP contribution in [0.2, 0.25) is 0 Å². The SMILES string of the molecule is COc1cc(C)c(NCCCO)c(OC)c1. The van der Waals surface area contributed by atoms with Gasteiger partial charge in [0.15, 0.2) is 0 Å². The standard InChI is InChI=1S/C12H19NO3/c1-9-7-10(15-2)8-11(16-3)12(9)13-5-4-6-14/h7-8,13-14H,4-6H2,1-3H3. The average Bonchev–Trinajstić information content (AvgIpc) is 2.30. The Labute approximate surface area is 96.2 Å². The highest BCUT2D eigenvalue weighted by Gasteiger charge is 2.08. The van der Waals surface area contributed by atoms with Crippen molar-refractivity contribution in [3.8, 4) is 11.5 Å². The summed E-state index contributed by atoms with van der Waals surface area (Å²) in [6, 6.07) is 3.79. The fourth-order valence-electron chi connectivity index (χ4n) is 1.52. The third-order valence-corrected chi connectivity index (χ3v) is 2.37. The minimum absolute atomic E-state index is 0.185. The van der Waals surface area contributed by atoms with Crippen LogP contribution in [0.4, 0.5) is 5.69 Å². The monoisotopic (exact) mass is 225 g/mol. The summed E-state index contributed by atoms with van der Waals surface area (Å²) in [4.78, 5) is 0. The number of ether oxygens (including phenoxy) is 2. The molecule has 1 aromatic rings. The van der Waals surface area contributed by atoms with Crippen LogP contribution in [0.25, 0.3) is 0 Å². The van der Waals surface area contributed by atoms with Crippen molar-refractivity contribution in [2.45, 2.75) is 13.3 Å². The predicted octanol–water partition coefficient (Wildman–Crippen LogP) is 1.81. The van der Waals surface area contributed by atoms with Crippen molar-refractivity contribution < 1.29 is 14.6 Å². The second-order valence-corrected chi connectivity index (χ2v) is 3.53. The molecule has 0 saturated heterocycles. The normalized spacial score (nSPS) is 10.0. The van der Waals surface area contributed by atoms with E-state index < -0.39 is 0 Å². The van der Waals surface area contributed by atoms with Gasteiger partial charge in [-0.05, 0) is 25.0 Å². The minimum Gasteiger partial charge on any atom is -0.497 e. The van der Waals surface area contributed by atoms with Gasteiger partial charge in [0, 0.05) is 19.2 Å². The van der Waals surface area contributed by atoms with Gasteiger partial charge in [0.05, 0.1) is 19.9 Å². The second kappa shape index (κ2) is 6.23. The Morgan fingerprint density at radius 3 is 2.56 bits per heavy atom. The molecule has 1 aromatic carbocycles. The van der Waals surface area contributed by atoms with Gasteiger partial charge < -0.3 is 19.9 Å². The molecule has 2 N–H and O–H groups in total. The lowest BCUT2D eigenvalue weighted by atomic mass is 10.1. The molecular formula is C12H19NO3. The van der Waals surface area contributed by atoms with Gasteiger partial charge in [-0.2, -0.15) is 0 Å². The van der Waals surface area contributed by atoms with E-state index in [9.17, 15) is 0 Å². The molecule has 16 heavy (non-hydrogen) atoms. The summed E-state index contributed by atoms with van der Waals surface area (Å²) < 4.78 is 10.5. The maximum absolute atomic E-state index is 8.73. The lowest BCUT2D eigenvalue weighted by Crippen LogP contribution is -2.06. The number of hydrogen-bond acceptors (Lipinski definition) is 4. The summed E-state index contributed by atoms with van der Waals surface area (Å²) in [5.41, 5.74) is 2.02. The Balaban J connectivity index is 2.88. The first-order valence-corrected chi connectivity index (χ1v) is 5.30. The summed E-state index contributed by atoms with van der Waals surface area (Å²) in [6.45, 7) is 2.90. The number of hydrogen-bond donors (Lipinski definition) is 2. The van der Waals surface area contributed by atoms with Gasteiger partial charge in [-0.15, -0.1) is 0 Å². The zero-order chi connectivity index (χ0) is 12.0. The molecule has 0 bridgehead atoms. The number of aliphatic hydroxyl groups is 1. The molecule has 0 fully saturated rings. The Morgan fingerprint density at radius 2 is 2.00 bits per heavy atom. The Kier molecular flexibility index (Phi) is 4.92. The molecule has 4 heteroatoms. The molecule has 0 radical (unpaired) electrons. The molecule has 0 aliphatic carbocycles. The van der Waals surface area contributed by atoms with Crippen LogP contribution in [0, 0.1) is 6.92 Å². The molecule has 90 valence electrons. The minimum atomic E-state index is 0.185. The highest BCUT2D eigenvalue weighted by atomic mass is 16.5. The van der Waals surface area contributed by atoms with Crippen LogP contribution in [0.3, 0.4) is 0 Å². The summed E-state index contributed by atoms with van der Waals surface area (Å²) in [5, 5.41) is 12.0. The molecule has 0 atom stereocenters. The van der Waals surface area contributed by atoms with E-state index in [-0.39, 0.29) is 6.61 Å². The van der Waals surface area contributed by atoms with Crippen LogP contribution in [0.1, 0.15) is 12.0 Å². The molecule has 0 aliphatic heterocycles. The molecule has 0 spiro atoms. The van der Waals surface area contributed by atoms with Crippen molar-refractivity contribution in [3.63, 3.8) is 0 Å². The smallest absolute Gasteiger partial charge is 0.145 e. The topological polar surface area (TPSA) is 50.7 Å². The van der Waals surface area contributed by atoms with E-state index in [0.717, 1.165) is 29.3 Å². The fraction of sp³-hybridized carbons (Fsp3) is 0.500. The molecule has 0 amide bonds. The molecule has 0 unspecified atom stereocenters. The maximum Gasteiger partial charge on any atom is 0.145 e. The number of anilines is 1. The summed E-state index contributed by atoms with van der Waals surface area (Å²) in [7, 11) is 3.26. The summed E-state index contributed by atoms with van der Waals surface area (Å²) in [6.07, 6.45) is 0.717. The van der Waals surface area contributed by atoms with E-state index in [2.05, 4.69) is 5.32 Å². The van der Waals surface area contributed by atoms with Crippen LogP contribution in [-0.2, 0) is 0 Å². The van der Waals surface area contributed by atoms with E-state index in [0.29, 0.717) is 6.42 Å². The van der Waals surface area contributed by atoms with Gasteiger partial charge in [0.25, 0.3) is 0 Å². The first-order valence-electron chi connectivity index (χ1n) is 5.30. The van der Waals surface area contributed by atoms with E-state index in [1.165, 1.54) is 0 Å². The summed E-state index contributed by atoms with van der Waals surface area (Å²) in [5.74, 6) is 1.54. The van der Waals surface area contributed by atoms with Gasteiger partial charge in [0.2, 0.25) is 0 Å². The number of rotatable bonds is 6. The lowest BCUT2D eigenvalue weighted by Gasteiger charge is -2.15. The molecular weight excluding hydrogens is 206 g/mol. The van der Waals surface area contributed by atoms with Gasteiger partial charge in [-0.1, -0.05) is 0 Å². The van der Waals surface area contributed by atoms with Crippen LogP contribution in [-0.4, -0.2) is 32.5 Å². The first kappa shape index (κ1) is 12.6. The van der Waals surface area contributed by atoms with Crippen molar-refractivity contribution in [1.29, 1.82) is 0 Å². The van der Waals surface area contributed by atoms with E-state index in [1.807, 2.05) is 19.1 Å². The van der Waals surface area contributed by atoms with Gasteiger partial charge in [-0.25, -0.2) is 0 Å². The average molecular weight is 225 g/mol. The second-order valence-electron chi connectivity index (χ2n) is 3.53. The maximum atomic E-state index is 8.73. The Morgan fingerprint density at radius 1 is 1.25 bits per heavy atom. The van der Waals surface area contributed by atoms with Crippen molar-refractivity contribution in [1.82, 2.24) is 0 Å². The van der Waals surface area contributed by atoms with Crippen LogP contribution in [0.15, 0.2) is 12.1 Å². The molecule has 1 rings (SSSR count). The zero-order valence-electron chi connectivity index (χ0n) is 10.0. The molecule has 0 aromatic heterocycles. The van der Waals surface area contributed by atoms with Crippen LogP contribution in [0.5, 0.6) is 11.5 Å². The van der Waals surface area contributed by atoms with Crippen LogP contribution < -0.4 is 14.8 Å². The lowest BCUT2D eigenvalue weighted by molar-refractivity contribution is 0.292. The van der Waals surface area contributed by atoms with Crippen LogP contribution >= 0.6 is 0 Å². The highest BCUT2D eigenvalue weighted by Crippen LogP contribution is 2.32. The number of aryl methyl sites for hydroxylation is 1. The number of nitrogens with one attached hydrogen (secondary N) is 1. The van der Waals surface area contributed by atoms with Gasteiger partial charge in [0.1, 0.15) is 11.5 Å². The molecule has 0 saturated carbocycles. The Hall–Kier alpha value is -1.42. The molecule has 0 aliphatic rings. The van der Waals surface area contributed by atoms with E-state index >= 15 is 0 Å². The highest BCUT2D eigenvalue weighted by molar-refractivity contribution is 5.64. The van der Waals surface area contributed by atoms with Crippen molar-refractivity contribution in [2.75, 3.05) is 32.7 Å². The predicted molar refractivity (Wildman–Crippen MR) is 64.5 cm³/mol. The largest absolute Gasteiger partial charge is 0.497 e. The molecule has 0 heterocycles. The Bertz CT molecular complexity index is 339. The zero-order valence-corrected chi connectivity index (χ0v) is 10.0. The van der Waals surface area contributed by atoms with E-state index in [4.69, 9.17) is 14.6 Å². The number of aliphatic hydroxyl groups excluding tert-OH is 1. The van der Waals surface area contributed by atoms with E-state index in [1.54, 1.807) is 14.2 Å². The third kappa shape index (κ3) is 3.03. The number of methoxy groups -OCH3 is 2. The van der Waals surface area contributed by atoms with Crippen molar-refractivity contribution in [2.24, 2.45) is 0 Å². The fourth-order valence-corrected chi connectivity index (χ4v) is 1.52. The molecule has 4 nitrogen and oxygen atoms in total.